The lowest BCUT2D eigenvalue weighted by molar-refractivity contribution is -0.173. The smallest absolute Gasteiger partial charge is 0.470 e. The van der Waals surface area contributed by atoms with E-state index in [1.165, 1.54) is 18.8 Å². The number of alkyl halides is 3. The molecule has 2 aliphatic heterocycles. The number of pyridine rings is 1. The summed E-state index contributed by atoms with van der Waals surface area (Å²) in [5.74, 6) is -2.90. The molecule has 18 heteroatoms. The number of oxazole rings is 3. The number of carbonyl (C=O) groups excluding carboxylic acids is 3. The van der Waals surface area contributed by atoms with Crippen LogP contribution in [0, 0.1) is 0 Å². The van der Waals surface area contributed by atoms with Gasteiger partial charge in [-0.25, -0.2) is 19.9 Å². The van der Waals surface area contributed by atoms with Crippen molar-refractivity contribution in [2.45, 2.75) is 31.9 Å². The van der Waals surface area contributed by atoms with Crippen LogP contribution >= 0.6 is 0 Å². The molecular weight excluding hydrogens is 665 g/mol. The maximum Gasteiger partial charge on any atom is 0.471 e. The Labute approximate surface area is 279 Å². The van der Waals surface area contributed by atoms with Crippen molar-refractivity contribution in [3.8, 4) is 23.2 Å². The predicted octanol–water partition coefficient (Wildman–Crippen LogP) is 3.73. The standard InChI is InChI=1S/C32H25F3N8O7/c1-43-24-15-50-30(43)20-4-2-3-19(39-20)27-42-23(14-48-27)28-40-21(12-47-28)25(44)37-10-17-7-16(5-6-36-31(46)32(33,34)35)8-18(9-17)11-38-26(45)22-13-49-29(24)41-22/h2-4,7-9,12-15,30H,5-6,10-11H2,1H3,(H,36,46)(H,37,44)(H,38,45). The van der Waals surface area contributed by atoms with Crippen LogP contribution in [0.4, 0.5) is 13.2 Å². The lowest BCUT2D eigenvalue weighted by Crippen LogP contribution is -2.37. The van der Waals surface area contributed by atoms with Crippen LogP contribution < -0.4 is 16.0 Å². The van der Waals surface area contributed by atoms with Gasteiger partial charge in [-0.3, -0.25) is 14.4 Å². The Balaban J connectivity index is 1.19. The van der Waals surface area contributed by atoms with Gasteiger partial charge in [0.25, 0.3) is 11.8 Å². The Bertz CT molecular complexity index is 2140. The first kappa shape index (κ1) is 32.1. The highest BCUT2D eigenvalue weighted by Crippen LogP contribution is 2.35. The second-order valence-corrected chi connectivity index (χ2v) is 11.2. The Morgan fingerprint density at radius 2 is 1.46 bits per heavy atom. The van der Waals surface area contributed by atoms with Crippen molar-refractivity contribution in [3.63, 3.8) is 0 Å². The summed E-state index contributed by atoms with van der Waals surface area (Å²) >= 11 is 0. The summed E-state index contributed by atoms with van der Waals surface area (Å²) in [5, 5.41) is 7.31. The van der Waals surface area contributed by atoms with Crippen LogP contribution in [0.3, 0.4) is 0 Å². The van der Waals surface area contributed by atoms with Crippen LogP contribution in [0.1, 0.15) is 55.5 Å². The highest BCUT2D eigenvalue weighted by Gasteiger charge is 2.38. The maximum atomic E-state index is 13.1. The minimum absolute atomic E-state index is 0.00709. The first-order valence-electron chi connectivity index (χ1n) is 15.0. The third kappa shape index (κ3) is 6.62. The van der Waals surface area contributed by atoms with E-state index in [1.807, 2.05) is 5.32 Å². The van der Waals surface area contributed by atoms with Crippen molar-refractivity contribution in [2.24, 2.45) is 0 Å². The number of amides is 3. The van der Waals surface area contributed by atoms with Gasteiger partial charge in [-0.05, 0) is 35.2 Å². The Hall–Kier alpha value is -6.46. The average molecular weight is 691 g/mol. The summed E-state index contributed by atoms with van der Waals surface area (Å²) in [5.41, 5.74) is 3.17. The normalized spacial score (nSPS) is 16.1. The van der Waals surface area contributed by atoms with Gasteiger partial charge in [0.05, 0.1) is 0 Å². The van der Waals surface area contributed by atoms with Gasteiger partial charge in [-0.1, -0.05) is 24.3 Å². The fraction of sp³-hybridized carbons (Fsp3) is 0.219. The van der Waals surface area contributed by atoms with E-state index in [2.05, 4.69) is 30.6 Å². The van der Waals surface area contributed by atoms with Crippen molar-refractivity contribution >= 4 is 23.4 Å². The minimum atomic E-state index is -5.02. The average Bonchev–Trinajstić information content (AvgIpc) is 3.92. The number of hydrogen-bond donors (Lipinski definition) is 3. The van der Waals surface area contributed by atoms with Crippen LogP contribution in [0.5, 0.6) is 0 Å². The zero-order chi connectivity index (χ0) is 35.0. The van der Waals surface area contributed by atoms with Gasteiger partial charge < -0.3 is 38.8 Å². The molecule has 0 radical (unpaired) electrons. The van der Waals surface area contributed by atoms with Gasteiger partial charge >= 0.3 is 12.1 Å². The van der Waals surface area contributed by atoms with Crippen LogP contribution in [0.15, 0.2) is 74.7 Å². The van der Waals surface area contributed by atoms with E-state index in [1.54, 1.807) is 48.3 Å². The lowest BCUT2D eigenvalue weighted by atomic mass is 10.0. The van der Waals surface area contributed by atoms with E-state index in [0.29, 0.717) is 33.8 Å². The van der Waals surface area contributed by atoms with Gasteiger partial charge in [0, 0.05) is 26.7 Å². The number of nitrogens with zero attached hydrogens (tertiary/aromatic N) is 5. The molecule has 3 N–H and O–H groups in total. The Morgan fingerprint density at radius 3 is 2.14 bits per heavy atom. The van der Waals surface area contributed by atoms with Crippen molar-refractivity contribution in [1.29, 1.82) is 0 Å². The number of fused-ring (bicyclic) bond motifs is 16. The molecule has 3 amide bonds. The third-order valence-corrected chi connectivity index (χ3v) is 7.67. The van der Waals surface area contributed by atoms with Gasteiger partial charge in [-0.2, -0.15) is 13.2 Å². The number of nitrogens with one attached hydrogen (secondary N) is 3. The Morgan fingerprint density at radius 1 is 0.860 bits per heavy atom. The van der Waals surface area contributed by atoms with Gasteiger partial charge in [0.2, 0.25) is 23.9 Å². The minimum Gasteiger partial charge on any atom is -0.470 e. The SMILES string of the molecule is CN1C2=COC1c1cccc(n1)-c1nc(co1)-c1nc(co1)C(=O)NCc1cc(CCNC(=O)C(F)(F)F)cc(c1)CNC(=O)c1coc2n1. The zero-order valence-electron chi connectivity index (χ0n) is 25.9. The fourth-order valence-electron chi connectivity index (χ4n) is 5.24. The van der Waals surface area contributed by atoms with Crippen LogP contribution in [-0.4, -0.2) is 62.3 Å². The van der Waals surface area contributed by atoms with Gasteiger partial charge in [0.15, 0.2) is 17.1 Å². The second kappa shape index (κ2) is 12.9. The number of halogens is 3. The number of ether oxygens (including phenoxy) is 1. The summed E-state index contributed by atoms with van der Waals surface area (Å²) in [7, 11) is 1.74. The molecule has 256 valence electrons. The van der Waals surface area contributed by atoms with Gasteiger partial charge in [-0.15, -0.1) is 0 Å². The molecule has 1 aromatic carbocycles. The summed E-state index contributed by atoms with van der Waals surface area (Å²) in [6, 6.07) is 10.2. The van der Waals surface area contributed by atoms with Crippen LogP contribution in [-0.2, 0) is 29.0 Å². The number of rotatable bonds is 3. The summed E-state index contributed by atoms with van der Waals surface area (Å²) in [4.78, 5) is 56.7. The highest BCUT2D eigenvalue weighted by molar-refractivity contribution is 5.92. The molecule has 7 rings (SSSR count). The molecule has 2 aliphatic rings. The molecule has 5 aromatic rings. The molecule has 0 fully saturated rings. The molecular formula is C32H25F3N8O7. The number of aromatic nitrogens is 4. The fourth-order valence-corrected chi connectivity index (χ4v) is 5.24. The van der Waals surface area contributed by atoms with Gasteiger partial charge in [0.1, 0.15) is 42.1 Å². The first-order valence-corrected chi connectivity index (χ1v) is 15.0. The van der Waals surface area contributed by atoms with E-state index in [4.69, 9.17) is 18.0 Å². The molecule has 0 saturated carbocycles. The molecule has 15 nitrogen and oxygen atoms in total. The summed E-state index contributed by atoms with van der Waals surface area (Å²) < 4.78 is 60.7. The Kier molecular flexibility index (Phi) is 8.26. The van der Waals surface area contributed by atoms with Crippen molar-refractivity contribution in [3.05, 3.63) is 101 Å². The predicted molar refractivity (Wildman–Crippen MR) is 163 cm³/mol. The molecule has 1 unspecified atom stereocenters. The third-order valence-electron chi connectivity index (χ3n) is 7.67. The summed E-state index contributed by atoms with van der Waals surface area (Å²) in [6.07, 6.45) is -0.543. The monoisotopic (exact) mass is 690 g/mol. The molecule has 1 atom stereocenters. The van der Waals surface area contributed by atoms with E-state index >= 15 is 0 Å². The van der Waals surface area contributed by atoms with E-state index < -0.39 is 30.1 Å². The molecule has 6 heterocycles. The topological polar surface area (TPSA) is 191 Å². The molecule has 50 heavy (non-hydrogen) atoms. The molecule has 0 spiro atoms. The molecule has 4 aromatic heterocycles. The number of benzene rings is 1. The summed E-state index contributed by atoms with van der Waals surface area (Å²) in [6.45, 7) is -0.324. The molecule has 0 aliphatic carbocycles. The van der Waals surface area contributed by atoms with E-state index in [0.717, 1.165) is 6.26 Å². The highest BCUT2D eigenvalue weighted by atomic mass is 19.4. The van der Waals surface area contributed by atoms with E-state index in [-0.39, 0.29) is 60.8 Å². The van der Waals surface area contributed by atoms with Crippen LogP contribution in [0.2, 0.25) is 0 Å². The molecule has 12 bridgehead atoms. The van der Waals surface area contributed by atoms with Crippen molar-refractivity contribution < 1.29 is 45.5 Å². The zero-order valence-corrected chi connectivity index (χ0v) is 25.9. The first-order chi connectivity index (χ1) is 24.0. The second-order valence-electron chi connectivity index (χ2n) is 11.2. The largest absolute Gasteiger partial charge is 0.471 e. The quantitative estimate of drug-likeness (QED) is 0.249. The van der Waals surface area contributed by atoms with E-state index in [9.17, 15) is 27.6 Å². The number of carbonyl (C=O) groups is 3. The van der Waals surface area contributed by atoms with Crippen molar-refractivity contribution in [2.75, 3.05) is 13.6 Å². The maximum absolute atomic E-state index is 13.1. The molecule has 0 saturated heterocycles. The van der Waals surface area contributed by atoms with Crippen molar-refractivity contribution in [1.82, 2.24) is 40.8 Å². The number of hydrogen-bond acceptors (Lipinski definition) is 12. The lowest BCUT2D eigenvalue weighted by Gasteiger charge is -2.21. The van der Waals surface area contributed by atoms with Crippen LogP contribution in [0.25, 0.3) is 28.9 Å².